The van der Waals surface area contributed by atoms with Gasteiger partial charge in [-0.15, -0.1) is 0 Å². The van der Waals surface area contributed by atoms with Crippen LogP contribution < -0.4 is 4.74 Å². The Morgan fingerprint density at radius 3 is 2.37 bits per heavy atom. The lowest BCUT2D eigenvalue weighted by Gasteiger charge is -2.13. The topological polar surface area (TPSA) is 68.4 Å². The van der Waals surface area contributed by atoms with E-state index in [-0.39, 0.29) is 11.7 Å². The second-order valence-electron chi connectivity index (χ2n) is 6.55. The fourth-order valence-electron chi connectivity index (χ4n) is 3.23. The molecule has 1 saturated carbocycles. The normalized spacial score (nSPS) is 15.8. The number of hydrogen-bond acceptors (Lipinski definition) is 5. The minimum Gasteiger partial charge on any atom is -0.490 e. The minimum atomic E-state index is -1.05. The quantitative estimate of drug-likeness (QED) is 0.612. The number of rotatable bonds is 5. The van der Waals surface area contributed by atoms with Crippen molar-refractivity contribution in [2.75, 3.05) is 0 Å². The molecule has 0 amide bonds. The Morgan fingerprint density at radius 2 is 1.70 bits per heavy atom. The number of aliphatic hydroxyl groups is 1. The third-order valence-corrected chi connectivity index (χ3v) is 5.29. The predicted octanol–water partition coefficient (Wildman–Crippen LogP) is 5.45. The average molecular weight is 405 g/mol. The van der Waals surface area contributed by atoms with Crippen LogP contribution in [0.25, 0.3) is 11.4 Å². The van der Waals surface area contributed by atoms with E-state index in [1.54, 1.807) is 30.3 Å². The monoisotopic (exact) mass is 404 g/mol. The summed E-state index contributed by atoms with van der Waals surface area (Å²) < 4.78 is 11.2. The Bertz CT molecular complexity index is 901. The molecule has 7 heteroatoms. The Balaban J connectivity index is 1.51. The summed E-state index contributed by atoms with van der Waals surface area (Å²) in [6.45, 7) is 0. The van der Waals surface area contributed by atoms with Gasteiger partial charge in [0.25, 0.3) is 5.89 Å². The van der Waals surface area contributed by atoms with Crippen LogP contribution in [0.15, 0.2) is 47.0 Å². The molecular weight excluding hydrogens is 387 g/mol. The van der Waals surface area contributed by atoms with E-state index in [0.29, 0.717) is 27.3 Å². The molecule has 5 nitrogen and oxygen atoms in total. The fourth-order valence-corrected chi connectivity index (χ4v) is 3.80. The van der Waals surface area contributed by atoms with Crippen LogP contribution in [0.4, 0.5) is 0 Å². The Kier molecular flexibility index (Phi) is 5.34. The lowest BCUT2D eigenvalue weighted by atomic mass is 10.1. The smallest absolute Gasteiger partial charge is 0.260 e. The van der Waals surface area contributed by atoms with Crippen molar-refractivity contribution in [3.05, 3.63) is 64.0 Å². The molecule has 1 aliphatic rings. The zero-order chi connectivity index (χ0) is 18.8. The van der Waals surface area contributed by atoms with Gasteiger partial charge in [0.1, 0.15) is 5.75 Å². The molecular formula is C20H18Cl2N2O3. The summed E-state index contributed by atoms with van der Waals surface area (Å²) in [7, 11) is 0. The molecule has 140 valence electrons. The number of aliphatic hydroxyl groups excluding tert-OH is 1. The lowest BCUT2D eigenvalue weighted by Crippen LogP contribution is -2.10. The van der Waals surface area contributed by atoms with Gasteiger partial charge in [0.05, 0.1) is 21.7 Å². The second kappa shape index (κ2) is 7.89. The molecule has 1 N–H and O–H groups in total. The number of benzene rings is 2. The van der Waals surface area contributed by atoms with Gasteiger partial charge in [0, 0.05) is 0 Å². The molecule has 0 aliphatic heterocycles. The summed E-state index contributed by atoms with van der Waals surface area (Å²) in [5, 5.41) is 15.3. The van der Waals surface area contributed by atoms with Gasteiger partial charge in [-0.1, -0.05) is 46.6 Å². The first-order valence-electron chi connectivity index (χ1n) is 8.84. The number of aromatic nitrogens is 2. The maximum absolute atomic E-state index is 10.6. The highest BCUT2D eigenvalue weighted by molar-refractivity contribution is 6.38. The highest BCUT2D eigenvalue weighted by Gasteiger charge is 2.22. The molecule has 0 saturated heterocycles. The van der Waals surface area contributed by atoms with Crippen molar-refractivity contribution in [2.45, 2.75) is 37.9 Å². The van der Waals surface area contributed by atoms with Crippen molar-refractivity contribution in [1.29, 1.82) is 0 Å². The predicted molar refractivity (Wildman–Crippen MR) is 103 cm³/mol. The Morgan fingerprint density at radius 1 is 1.04 bits per heavy atom. The van der Waals surface area contributed by atoms with Gasteiger partial charge in [-0.3, -0.25) is 0 Å². The van der Waals surface area contributed by atoms with Crippen LogP contribution in [0, 0.1) is 0 Å². The largest absolute Gasteiger partial charge is 0.490 e. The van der Waals surface area contributed by atoms with Crippen LogP contribution in [-0.4, -0.2) is 21.4 Å². The molecule has 1 aliphatic carbocycles. The molecule has 1 unspecified atom stereocenters. The third kappa shape index (κ3) is 3.95. The zero-order valence-electron chi connectivity index (χ0n) is 14.4. The van der Waals surface area contributed by atoms with Crippen LogP contribution in [0.5, 0.6) is 5.75 Å². The minimum absolute atomic E-state index is 0.0745. The summed E-state index contributed by atoms with van der Waals surface area (Å²) in [6.07, 6.45) is 3.87. The van der Waals surface area contributed by atoms with E-state index in [1.165, 1.54) is 12.8 Å². The number of hydrogen-bond donors (Lipinski definition) is 1. The average Bonchev–Trinajstić information content (AvgIpc) is 3.34. The summed E-state index contributed by atoms with van der Waals surface area (Å²) in [4.78, 5) is 4.26. The van der Waals surface area contributed by atoms with E-state index in [2.05, 4.69) is 10.1 Å². The maximum Gasteiger partial charge on any atom is 0.260 e. The Hall–Kier alpha value is -2.08. The SMILES string of the molecule is OC(c1ccc(OC2CCCC2)cc1)c1nc(-c2c(Cl)cccc2Cl)no1. The number of halogens is 2. The highest BCUT2D eigenvalue weighted by Crippen LogP contribution is 2.34. The molecule has 0 bridgehead atoms. The molecule has 1 heterocycles. The maximum atomic E-state index is 10.6. The summed E-state index contributed by atoms with van der Waals surface area (Å²) in [6, 6.07) is 12.4. The molecule has 0 radical (unpaired) electrons. The van der Waals surface area contributed by atoms with Crippen LogP contribution in [-0.2, 0) is 0 Å². The summed E-state index contributed by atoms with van der Waals surface area (Å²) in [5.41, 5.74) is 1.11. The molecule has 2 aromatic carbocycles. The van der Waals surface area contributed by atoms with Gasteiger partial charge in [-0.2, -0.15) is 4.98 Å². The third-order valence-electron chi connectivity index (χ3n) is 4.66. The van der Waals surface area contributed by atoms with Gasteiger partial charge < -0.3 is 14.4 Å². The molecule has 3 aromatic rings. The standard InChI is InChI=1S/C20H18Cl2N2O3/c21-15-6-3-7-16(22)17(15)19-23-20(27-24-19)18(25)12-8-10-14(11-9-12)26-13-4-1-2-5-13/h3,6-11,13,18,25H,1-2,4-5H2. The van der Waals surface area contributed by atoms with Gasteiger partial charge in [-0.25, -0.2) is 0 Å². The van der Waals surface area contributed by atoms with Crippen LogP contribution in [0.2, 0.25) is 10.0 Å². The zero-order valence-corrected chi connectivity index (χ0v) is 16.0. The fraction of sp³-hybridized carbons (Fsp3) is 0.300. The van der Waals surface area contributed by atoms with Crippen LogP contribution in [0.3, 0.4) is 0 Å². The van der Waals surface area contributed by atoms with E-state index in [4.69, 9.17) is 32.5 Å². The van der Waals surface area contributed by atoms with Gasteiger partial charge >= 0.3 is 0 Å². The van der Waals surface area contributed by atoms with E-state index < -0.39 is 6.10 Å². The van der Waals surface area contributed by atoms with E-state index in [1.807, 2.05) is 12.1 Å². The van der Waals surface area contributed by atoms with E-state index in [9.17, 15) is 5.11 Å². The van der Waals surface area contributed by atoms with Gasteiger partial charge in [0.2, 0.25) is 5.82 Å². The van der Waals surface area contributed by atoms with E-state index >= 15 is 0 Å². The number of nitrogens with zero attached hydrogens (tertiary/aromatic N) is 2. The second-order valence-corrected chi connectivity index (χ2v) is 7.36. The summed E-state index contributed by atoms with van der Waals surface area (Å²) in [5.74, 6) is 1.11. The van der Waals surface area contributed by atoms with E-state index in [0.717, 1.165) is 18.6 Å². The molecule has 0 spiro atoms. The van der Waals surface area contributed by atoms with Crippen molar-refractivity contribution >= 4 is 23.2 Å². The molecule has 1 atom stereocenters. The van der Waals surface area contributed by atoms with Crippen molar-refractivity contribution in [3.8, 4) is 17.1 Å². The van der Waals surface area contributed by atoms with Gasteiger partial charge in [-0.05, 0) is 55.5 Å². The summed E-state index contributed by atoms with van der Waals surface area (Å²) >= 11 is 12.3. The van der Waals surface area contributed by atoms with Crippen LogP contribution in [0.1, 0.15) is 43.2 Å². The molecule has 1 aromatic heterocycles. The van der Waals surface area contributed by atoms with Crippen molar-refractivity contribution < 1.29 is 14.4 Å². The Labute approximate surface area is 166 Å². The number of ether oxygens (including phenoxy) is 1. The first kappa shape index (κ1) is 18.3. The van der Waals surface area contributed by atoms with Gasteiger partial charge in [0.15, 0.2) is 6.10 Å². The van der Waals surface area contributed by atoms with Crippen molar-refractivity contribution in [2.24, 2.45) is 0 Å². The molecule has 4 rings (SSSR count). The van der Waals surface area contributed by atoms with Crippen LogP contribution >= 0.6 is 23.2 Å². The van der Waals surface area contributed by atoms with Crippen molar-refractivity contribution in [3.63, 3.8) is 0 Å². The van der Waals surface area contributed by atoms with Crippen molar-refractivity contribution in [1.82, 2.24) is 10.1 Å². The molecule has 1 fully saturated rings. The molecule has 27 heavy (non-hydrogen) atoms. The highest BCUT2D eigenvalue weighted by atomic mass is 35.5. The first-order valence-corrected chi connectivity index (χ1v) is 9.60. The first-order chi connectivity index (χ1) is 13.1. The lowest BCUT2D eigenvalue weighted by molar-refractivity contribution is 0.170.